The first-order valence-corrected chi connectivity index (χ1v) is 7.47. The molecule has 0 atom stereocenters. The van der Waals surface area contributed by atoms with Crippen LogP contribution in [-0.2, 0) is 0 Å². The van der Waals surface area contributed by atoms with Crippen LogP contribution in [0.15, 0.2) is 66.3 Å². The molecule has 5 nitrogen and oxygen atoms in total. The number of ether oxygens (including phenoxy) is 2. The van der Waals surface area contributed by atoms with Crippen molar-refractivity contribution in [3.8, 4) is 11.5 Å². The van der Waals surface area contributed by atoms with E-state index < -0.39 is 0 Å². The number of nitrogens with one attached hydrogen (secondary N) is 1. The fraction of sp³-hybridized carbons (Fsp3) is 0.158. The monoisotopic (exact) mass is 324 g/mol. The zero-order valence-electron chi connectivity index (χ0n) is 13.8. The number of nitrogens with zero attached hydrogens (tertiary/aromatic N) is 1. The lowest BCUT2D eigenvalue weighted by atomic mass is 10.1. The average molecular weight is 324 g/mol. The summed E-state index contributed by atoms with van der Waals surface area (Å²) in [5.41, 5.74) is 4.56. The maximum absolute atomic E-state index is 12.3. The Morgan fingerprint density at radius 1 is 1.21 bits per heavy atom. The van der Waals surface area contributed by atoms with E-state index in [1.807, 2.05) is 31.2 Å². The van der Waals surface area contributed by atoms with Gasteiger partial charge in [0.05, 0.1) is 18.4 Å². The molecule has 1 N–H and O–H groups in total. The van der Waals surface area contributed by atoms with Crippen molar-refractivity contribution < 1.29 is 14.3 Å². The smallest absolute Gasteiger partial charge is 0.275 e. The third kappa shape index (κ3) is 4.46. The third-order valence-corrected chi connectivity index (χ3v) is 3.32. The van der Waals surface area contributed by atoms with Crippen molar-refractivity contribution in [1.82, 2.24) is 5.43 Å². The highest BCUT2D eigenvalue weighted by Crippen LogP contribution is 2.18. The van der Waals surface area contributed by atoms with Crippen molar-refractivity contribution >= 4 is 11.6 Å². The van der Waals surface area contributed by atoms with Gasteiger partial charge in [-0.05, 0) is 48.9 Å². The van der Waals surface area contributed by atoms with Crippen LogP contribution in [0.5, 0.6) is 11.5 Å². The standard InChI is InChI=1S/C19H20N2O3/c1-4-13-24-18-8-6-5-7-17(18)19(22)21-20-14(2)15-9-11-16(23-3)12-10-15/h4-12H,1,13H2,2-3H3,(H,21,22)/b20-14+. The minimum atomic E-state index is -0.331. The first-order chi connectivity index (χ1) is 11.7. The Bertz CT molecular complexity index is 737. The van der Waals surface area contributed by atoms with Crippen LogP contribution in [-0.4, -0.2) is 25.3 Å². The Morgan fingerprint density at radius 2 is 1.92 bits per heavy atom. The van der Waals surface area contributed by atoms with E-state index in [0.29, 0.717) is 23.6 Å². The van der Waals surface area contributed by atoms with Gasteiger partial charge in [-0.2, -0.15) is 5.10 Å². The second kappa shape index (κ2) is 8.53. The van der Waals surface area contributed by atoms with Gasteiger partial charge in [-0.3, -0.25) is 4.79 Å². The molecular formula is C19H20N2O3. The summed E-state index contributed by atoms with van der Waals surface area (Å²) >= 11 is 0. The molecule has 0 saturated carbocycles. The number of rotatable bonds is 7. The summed E-state index contributed by atoms with van der Waals surface area (Å²) in [5.74, 6) is 0.929. The van der Waals surface area contributed by atoms with Gasteiger partial charge < -0.3 is 9.47 Å². The lowest BCUT2D eigenvalue weighted by Crippen LogP contribution is -2.20. The second-order valence-electron chi connectivity index (χ2n) is 4.96. The van der Waals surface area contributed by atoms with Crippen LogP contribution in [0, 0.1) is 0 Å². The highest BCUT2D eigenvalue weighted by molar-refractivity contribution is 6.01. The van der Waals surface area contributed by atoms with Crippen molar-refractivity contribution in [3.05, 3.63) is 72.3 Å². The third-order valence-electron chi connectivity index (χ3n) is 3.32. The fourth-order valence-electron chi connectivity index (χ4n) is 2.02. The van der Waals surface area contributed by atoms with Gasteiger partial charge in [0.2, 0.25) is 0 Å². The van der Waals surface area contributed by atoms with Gasteiger partial charge in [0.25, 0.3) is 5.91 Å². The zero-order valence-corrected chi connectivity index (χ0v) is 13.8. The van der Waals surface area contributed by atoms with Gasteiger partial charge >= 0.3 is 0 Å². The molecule has 124 valence electrons. The Kier molecular flexibility index (Phi) is 6.14. The van der Waals surface area contributed by atoms with Gasteiger partial charge in [-0.25, -0.2) is 5.43 Å². The van der Waals surface area contributed by atoms with Gasteiger partial charge in [0.15, 0.2) is 0 Å². The molecule has 5 heteroatoms. The van der Waals surface area contributed by atoms with Gasteiger partial charge in [0.1, 0.15) is 18.1 Å². The van der Waals surface area contributed by atoms with Crippen LogP contribution < -0.4 is 14.9 Å². The number of benzene rings is 2. The van der Waals surface area contributed by atoms with E-state index in [-0.39, 0.29) is 5.91 Å². The number of hydrazone groups is 1. The molecule has 24 heavy (non-hydrogen) atoms. The molecule has 0 heterocycles. The van der Waals surface area contributed by atoms with Crippen LogP contribution in [0.1, 0.15) is 22.8 Å². The number of carbonyl (C=O) groups excluding carboxylic acids is 1. The highest BCUT2D eigenvalue weighted by atomic mass is 16.5. The van der Waals surface area contributed by atoms with Gasteiger partial charge in [-0.15, -0.1) is 0 Å². The summed E-state index contributed by atoms with van der Waals surface area (Å²) < 4.78 is 10.6. The number of para-hydroxylation sites is 1. The number of carbonyl (C=O) groups is 1. The van der Waals surface area contributed by atoms with Crippen LogP contribution >= 0.6 is 0 Å². The first kappa shape index (κ1) is 17.3. The van der Waals surface area contributed by atoms with Gasteiger partial charge in [-0.1, -0.05) is 24.8 Å². The van der Waals surface area contributed by atoms with E-state index in [1.165, 1.54) is 0 Å². The number of hydrogen-bond acceptors (Lipinski definition) is 4. The molecule has 2 rings (SSSR count). The lowest BCUT2D eigenvalue weighted by Gasteiger charge is -2.09. The van der Waals surface area contributed by atoms with E-state index in [0.717, 1.165) is 11.3 Å². The number of hydrogen-bond donors (Lipinski definition) is 1. The quantitative estimate of drug-likeness (QED) is 0.482. The summed E-state index contributed by atoms with van der Waals surface area (Å²) in [4.78, 5) is 12.3. The minimum Gasteiger partial charge on any atom is -0.497 e. The van der Waals surface area contributed by atoms with Crippen molar-refractivity contribution in [2.24, 2.45) is 5.10 Å². The SMILES string of the molecule is C=CCOc1ccccc1C(=O)N/N=C(\C)c1ccc(OC)cc1. The molecule has 0 fully saturated rings. The highest BCUT2D eigenvalue weighted by Gasteiger charge is 2.11. The summed E-state index contributed by atoms with van der Waals surface area (Å²) in [6, 6.07) is 14.4. The molecule has 0 spiro atoms. The number of amides is 1. The molecule has 2 aromatic rings. The van der Waals surface area contributed by atoms with Crippen molar-refractivity contribution in [1.29, 1.82) is 0 Å². The van der Waals surface area contributed by atoms with Crippen molar-refractivity contribution in [2.75, 3.05) is 13.7 Å². The Balaban J connectivity index is 2.10. The molecule has 1 amide bonds. The topological polar surface area (TPSA) is 59.9 Å². The largest absolute Gasteiger partial charge is 0.497 e. The Morgan fingerprint density at radius 3 is 2.58 bits per heavy atom. The maximum Gasteiger partial charge on any atom is 0.275 e. The minimum absolute atomic E-state index is 0.331. The van der Waals surface area contributed by atoms with Gasteiger partial charge in [0, 0.05) is 0 Å². The summed E-state index contributed by atoms with van der Waals surface area (Å²) in [6.07, 6.45) is 1.63. The molecule has 0 bridgehead atoms. The first-order valence-electron chi connectivity index (χ1n) is 7.47. The van der Waals surface area contributed by atoms with Crippen molar-refractivity contribution in [3.63, 3.8) is 0 Å². The average Bonchev–Trinajstić information content (AvgIpc) is 2.64. The molecule has 0 unspecified atom stereocenters. The van der Waals surface area contributed by atoms with Crippen LogP contribution in [0.25, 0.3) is 0 Å². The summed E-state index contributed by atoms with van der Waals surface area (Å²) in [7, 11) is 1.61. The molecule has 0 aliphatic heterocycles. The molecule has 0 aliphatic rings. The van der Waals surface area contributed by atoms with E-state index >= 15 is 0 Å². The normalized spacial score (nSPS) is 10.8. The summed E-state index contributed by atoms with van der Waals surface area (Å²) in [6.45, 7) is 5.75. The Hall–Kier alpha value is -3.08. The van der Waals surface area contributed by atoms with Crippen LogP contribution in [0.2, 0.25) is 0 Å². The van der Waals surface area contributed by atoms with E-state index in [2.05, 4.69) is 17.1 Å². The lowest BCUT2D eigenvalue weighted by molar-refractivity contribution is 0.0951. The van der Waals surface area contributed by atoms with Crippen LogP contribution in [0.3, 0.4) is 0 Å². The number of methoxy groups -OCH3 is 1. The summed E-state index contributed by atoms with van der Waals surface area (Å²) in [5, 5.41) is 4.15. The molecule has 2 aromatic carbocycles. The fourth-order valence-corrected chi connectivity index (χ4v) is 2.02. The maximum atomic E-state index is 12.3. The molecule has 0 radical (unpaired) electrons. The predicted molar refractivity (Wildman–Crippen MR) is 94.8 cm³/mol. The van der Waals surface area contributed by atoms with Crippen LogP contribution in [0.4, 0.5) is 0 Å². The Labute approximate surface area is 141 Å². The zero-order chi connectivity index (χ0) is 17.4. The van der Waals surface area contributed by atoms with E-state index in [9.17, 15) is 4.79 Å². The molecule has 0 saturated heterocycles. The molecule has 0 aromatic heterocycles. The predicted octanol–water partition coefficient (Wildman–Crippen LogP) is 3.41. The molecular weight excluding hydrogens is 304 g/mol. The van der Waals surface area contributed by atoms with E-state index in [1.54, 1.807) is 37.5 Å². The second-order valence-corrected chi connectivity index (χ2v) is 4.96. The van der Waals surface area contributed by atoms with E-state index in [4.69, 9.17) is 9.47 Å². The molecule has 0 aliphatic carbocycles. The van der Waals surface area contributed by atoms with Crippen molar-refractivity contribution in [2.45, 2.75) is 6.92 Å².